The summed E-state index contributed by atoms with van der Waals surface area (Å²) in [5.74, 6) is -1.85. The Hall–Kier alpha value is -2.67. The van der Waals surface area contributed by atoms with E-state index in [0.717, 1.165) is 16.9 Å². The Balaban J connectivity index is 1.99. The number of anilines is 1. The highest BCUT2D eigenvalue weighted by atomic mass is 32.1. The second kappa shape index (κ2) is 10.6. The molecule has 2 rings (SSSR count). The van der Waals surface area contributed by atoms with Crippen molar-refractivity contribution in [3.8, 4) is 0 Å². The van der Waals surface area contributed by atoms with Gasteiger partial charge in [0.15, 0.2) is 6.61 Å². The van der Waals surface area contributed by atoms with Gasteiger partial charge in [0, 0.05) is 4.88 Å². The van der Waals surface area contributed by atoms with Gasteiger partial charge in [-0.15, -0.1) is 11.3 Å². The average Bonchev–Trinajstić information content (AvgIpc) is 3.11. The van der Waals surface area contributed by atoms with Crippen molar-refractivity contribution in [3.63, 3.8) is 0 Å². The lowest BCUT2D eigenvalue weighted by Gasteiger charge is -2.14. The molecule has 150 valence electrons. The molecule has 0 aliphatic carbocycles. The topological polar surface area (TPSA) is 81.7 Å². The fourth-order valence-electron chi connectivity index (χ4n) is 2.69. The monoisotopic (exact) mass is 403 g/mol. The molecule has 1 amide bonds. The second-order valence-corrected chi connectivity index (χ2v) is 7.19. The van der Waals surface area contributed by atoms with Crippen LogP contribution in [0.2, 0.25) is 0 Å². The largest absolute Gasteiger partial charge is 0.462 e. The van der Waals surface area contributed by atoms with Crippen LogP contribution in [0.15, 0.2) is 36.4 Å². The zero-order valence-electron chi connectivity index (χ0n) is 16.3. The fourth-order valence-corrected chi connectivity index (χ4v) is 3.69. The van der Waals surface area contributed by atoms with E-state index >= 15 is 0 Å². The third-order valence-corrected chi connectivity index (χ3v) is 5.31. The third-order valence-electron chi connectivity index (χ3n) is 4.12. The summed E-state index contributed by atoms with van der Waals surface area (Å²) in [6.07, 6.45) is 1.31. The molecule has 1 N–H and O–H groups in total. The number of carbonyl (C=O) groups is 3. The van der Waals surface area contributed by atoms with Gasteiger partial charge < -0.3 is 14.8 Å². The molecule has 0 spiro atoms. The van der Waals surface area contributed by atoms with Gasteiger partial charge in [-0.3, -0.25) is 9.59 Å². The lowest BCUT2D eigenvalue weighted by Crippen LogP contribution is -2.24. The molecule has 0 aliphatic rings. The SMILES string of the molecule is CCOC(=O)c1cc(CC)sc1NC(=O)COC(=O)[C@H](CC)c1ccccc1. The summed E-state index contributed by atoms with van der Waals surface area (Å²) in [7, 11) is 0. The number of rotatable bonds is 9. The van der Waals surface area contributed by atoms with Crippen molar-refractivity contribution in [1.29, 1.82) is 0 Å². The molecule has 0 bridgehead atoms. The van der Waals surface area contributed by atoms with Crippen LogP contribution >= 0.6 is 11.3 Å². The van der Waals surface area contributed by atoms with E-state index in [2.05, 4.69) is 5.32 Å². The number of esters is 2. The predicted molar refractivity (Wildman–Crippen MR) is 109 cm³/mol. The Morgan fingerprint density at radius 1 is 1.07 bits per heavy atom. The molecule has 28 heavy (non-hydrogen) atoms. The van der Waals surface area contributed by atoms with Gasteiger partial charge in [0.2, 0.25) is 0 Å². The number of ether oxygens (including phenoxy) is 2. The molecular formula is C21H25NO5S. The summed E-state index contributed by atoms with van der Waals surface area (Å²) in [5, 5.41) is 3.07. The molecule has 1 heterocycles. The van der Waals surface area contributed by atoms with Gasteiger partial charge >= 0.3 is 11.9 Å². The van der Waals surface area contributed by atoms with E-state index in [4.69, 9.17) is 9.47 Å². The number of benzene rings is 1. The molecule has 2 aromatic rings. The predicted octanol–water partition coefficient (Wildman–Crippen LogP) is 4.16. The van der Waals surface area contributed by atoms with E-state index < -0.39 is 30.4 Å². The highest BCUT2D eigenvalue weighted by molar-refractivity contribution is 7.16. The van der Waals surface area contributed by atoms with Crippen LogP contribution in [0.3, 0.4) is 0 Å². The Labute approximate surface area is 168 Å². The molecule has 0 aliphatic heterocycles. The van der Waals surface area contributed by atoms with Crippen molar-refractivity contribution in [2.75, 3.05) is 18.5 Å². The van der Waals surface area contributed by atoms with Crippen LogP contribution in [0.25, 0.3) is 0 Å². The first-order chi connectivity index (χ1) is 13.5. The van der Waals surface area contributed by atoms with Gasteiger partial charge in [0.1, 0.15) is 5.00 Å². The van der Waals surface area contributed by atoms with E-state index in [1.807, 2.05) is 44.2 Å². The fraction of sp³-hybridized carbons (Fsp3) is 0.381. The van der Waals surface area contributed by atoms with E-state index in [0.29, 0.717) is 17.0 Å². The third kappa shape index (κ3) is 5.66. The standard InChI is InChI=1S/C21H25NO5S/c1-4-15-12-17(21(25)26-6-3)19(28-15)22-18(23)13-27-20(24)16(5-2)14-10-8-7-9-11-14/h7-12,16H,4-6,13H2,1-3H3,(H,22,23)/t16-/m1/s1. The van der Waals surface area contributed by atoms with Gasteiger partial charge in [0.25, 0.3) is 5.91 Å². The molecule has 0 fully saturated rings. The molecular weight excluding hydrogens is 378 g/mol. The van der Waals surface area contributed by atoms with Gasteiger partial charge in [-0.05, 0) is 31.4 Å². The maximum Gasteiger partial charge on any atom is 0.341 e. The van der Waals surface area contributed by atoms with Crippen LogP contribution in [0, 0.1) is 0 Å². The minimum Gasteiger partial charge on any atom is -0.462 e. The first kappa shape index (κ1) is 21.6. The Morgan fingerprint density at radius 3 is 2.39 bits per heavy atom. The van der Waals surface area contributed by atoms with Gasteiger partial charge in [0.05, 0.1) is 18.1 Å². The van der Waals surface area contributed by atoms with Crippen LogP contribution in [0.5, 0.6) is 0 Å². The van der Waals surface area contributed by atoms with Crippen LogP contribution in [0.1, 0.15) is 53.9 Å². The van der Waals surface area contributed by atoms with Crippen molar-refractivity contribution >= 4 is 34.2 Å². The first-order valence-corrected chi connectivity index (χ1v) is 10.1. The Morgan fingerprint density at radius 2 is 1.79 bits per heavy atom. The van der Waals surface area contributed by atoms with Crippen molar-refractivity contribution in [2.24, 2.45) is 0 Å². The zero-order valence-corrected chi connectivity index (χ0v) is 17.1. The van der Waals surface area contributed by atoms with E-state index in [1.54, 1.807) is 13.0 Å². The molecule has 1 aromatic carbocycles. The second-order valence-electron chi connectivity index (χ2n) is 6.06. The van der Waals surface area contributed by atoms with Gasteiger partial charge in [-0.1, -0.05) is 44.2 Å². The number of amides is 1. The number of aryl methyl sites for hydroxylation is 1. The number of hydrogen-bond acceptors (Lipinski definition) is 6. The van der Waals surface area contributed by atoms with Crippen molar-refractivity contribution in [1.82, 2.24) is 0 Å². The smallest absolute Gasteiger partial charge is 0.341 e. The lowest BCUT2D eigenvalue weighted by molar-refractivity contribution is -0.149. The van der Waals surface area contributed by atoms with Gasteiger partial charge in [-0.2, -0.15) is 0 Å². The molecule has 7 heteroatoms. The number of thiophene rings is 1. The van der Waals surface area contributed by atoms with Crippen LogP contribution < -0.4 is 5.32 Å². The van der Waals surface area contributed by atoms with Crippen LogP contribution in [-0.2, 0) is 25.5 Å². The van der Waals surface area contributed by atoms with E-state index in [-0.39, 0.29) is 6.61 Å². The Bertz CT molecular complexity index is 815. The van der Waals surface area contributed by atoms with Crippen LogP contribution in [0.4, 0.5) is 5.00 Å². The molecule has 0 saturated heterocycles. The minimum atomic E-state index is -0.494. The lowest BCUT2D eigenvalue weighted by atomic mass is 9.97. The normalized spacial score (nSPS) is 11.5. The van der Waals surface area contributed by atoms with E-state index in [1.165, 1.54) is 11.3 Å². The summed E-state index contributed by atoms with van der Waals surface area (Å²) >= 11 is 1.31. The molecule has 0 radical (unpaired) electrons. The number of carbonyl (C=O) groups excluding carboxylic acids is 3. The molecule has 0 saturated carbocycles. The van der Waals surface area contributed by atoms with Gasteiger partial charge in [-0.25, -0.2) is 4.79 Å². The molecule has 1 aromatic heterocycles. The quantitative estimate of drug-likeness (QED) is 0.636. The minimum absolute atomic E-state index is 0.249. The summed E-state index contributed by atoms with van der Waals surface area (Å²) in [5.41, 5.74) is 1.17. The molecule has 0 unspecified atom stereocenters. The summed E-state index contributed by atoms with van der Waals surface area (Å²) < 4.78 is 10.2. The Kier molecular flexibility index (Phi) is 8.19. The molecule has 1 atom stereocenters. The highest BCUT2D eigenvalue weighted by Gasteiger charge is 2.22. The average molecular weight is 404 g/mol. The van der Waals surface area contributed by atoms with Crippen LogP contribution in [-0.4, -0.2) is 31.1 Å². The summed E-state index contributed by atoms with van der Waals surface area (Å²) in [6.45, 7) is 5.41. The summed E-state index contributed by atoms with van der Waals surface area (Å²) in [4.78, 5) is 37.7. The zero-order chi connectivity index (χ0) is 20.5. The molecule has 6 nitrogen and oxygen atoms in total. The maximum absolute atomic E-state index is 12.4. The van der Waals surface area contributed by atoms with E-state index in [9.17, 15) is 14.4 Å². The van der Waals surface area contributed by atoms with Crippen molar-refractivity contribution < 1.29 is 23.9 Å². The van der Waals surface area contributed by atoms with Crippen molar-refractivity contribution in [2.45, 2.75) is 39.5 Å². The highest BCUT2D eigenvalue weighted by Crippen LogP contribution is 2.29. The first-order valence-electron chi connectivity index (χ1n) is 9.31. The van der Waals surface area contributed by atoms with Crippen molar-refractivity contribution in [3.05, 3.63) is 52.4 Å². The number of hydrogen-bond donors (Lipinski definition) is 1. The number of nitrogens with one attached hydrogen (secondary N) is 1. The summed E-state index contributed by atoms with van der Waals surface area (Å²) in [6, 6.07) is 11.0. The maximum atomic E-state index is 12.4.